The second kappa shape index (κ2) is 7.04. The molecule has 162 valence electrons. The van der Waals surface area contributed by atoms with E-state index in [-0.39, 0.29) is 35.1 Å². The first kappa shape index (κ1) is 20.8. The second-order valence-electron chi connectivity index (χ2n) is 7.95. The topological polar surface area (TPSA) is 102 Å². The number of aryl methyl sites for hydroxylation is 1. The number of carbonyl (C=O) groups excluding carboxylic acids is 1. The molecule has 4 N–H and O–H groups in total. The highest BCUT2D eigenvalue weighted by molar-refractivity contribution is 5.95. The molecule has 0 bridgehead atoms. The summed E-state index contributed by atoms with van der Waals surface area (Å²) in [4.78, 5) is 28.3. The summed E-state index contributed by atoms with van der Waals surface area (Å²) in [5.74, 6) is 0.727. The predicted octanol–water partition coefficient (Wildman–Crippen LogP) is 2.72. The van der Waals surface area contributed by atoms with Crippen molar-refractivity contribution in [3.05, 3.63) is 51.3 Å². The minimum Gasteiger partial charge on any atom is -0.379 e. The van der Waals surface area contributed by atoms with E-state index in [9.17, 15) is 18.4 Å². The predicted molar refractivity (Wildman–Crippen MR) is 108 cm³/mol. The molecule has 1 aliphatic carbocycles. The zero-order valence-electron chi connectivity index (χ0n) is 16.9. The summed E-state index contributed by atoms with van der Waals surface area (Å²) in [6.07, 6.45) is 3.01. The fourth-order valence-corrected chi connectivity index (χ4v) is 3.54. The molecule has 0 saturated heterocycles. The van der Waals surface area contributed by atoms with E-state index < -0.39 is 28.9 Å². The number of rotatable bonds is 3. The van der Waals surface area contributed by atoms with Gasteiger partial charge in [-0.15, -0.1) is 0 Å². The molecule has 0 radical (unpaired) electrons. The van der Waals surface area contributed by atoms with Crippen LogP contribution in [-0.2, 0) is 12.1 Å². The highest BCUT2D eigenvalue weighted by Gasteiger charge is 2.55. The molecule has 10 heteroatoms. The molecule has 2 aliphatic rings. The van der Waals surface area contributed by atoms with Crippen molar-refractivity contribution in [1.82, 2.24) is 14.9 Å². The Bertz CT molecular complexity index is 1200. The lowest BCUT2D eigenvalue weighted by Crippen LogP contribution is -2.59. The van der Waals surface area contributed by atoms with Crippen LogP contribution in [0, 0.1) is 30.5 Å². The van der Waals surface area contributed by atoms with E-state index >= 15 is 4.39 Å². The Kier molecular flexibility index (Phi) is 4.72. The van der Waals surface area contributed by atoms with Crippen molar-refractivity contribution in [3.63, 3.8) is 0 Å². The number of benzene rings is 1. The molecular formula is C21H20F3N5O2. The van der Waals surface area contributed by atoms with Gasteiger partial charge in [-0.1, -0.05) is 11.8 Å². The molecule has 31 heavy (non-hydrogen) atoms. The van der Waals surface area contributed by atoms with Gasteiger partial charge in [0.25, 0.3) is 11.5 Å². The number of urea groups is 1. The molecule has 1 aliphatic heterocycles. The number of aromatic nitrogens is 2. The molecule has 2 heterocycles. The lowest BCUT2D eigenvalue weighted by molar-refractivity contribution is -0.0465. The third kappa shape index (κ3) is 3.71. The van der Waals surface area contributed by atoms with Gasteiger partial charge in [0.1, 0.15) is 5.82 Å². The first-order valence-electron chi connectivity index (χ1n) is 9.66. The normalized spacial score (nSPS) is 20.2. The highest BCUT2D eigenvalue weighted by Crippen LogP contribution is 2.44. The highest BCUT2D eigenvalue weighted by atomic mass is 19.3. The lowest BCUT2D eigenvalue weighted by atomic mass is 9.81. The minimum atomic E-state index is -3.50. The fraction of sp³-hybridized carbons (Fsp3) is 0.381. The van der Waals surface area contributed by atoms with Crippen LogP contribution in [0.5, 0.6) is 0 Å². The number of amides is 2. The number of hydrogen-bond acceptors (Lipinski definition) is 4. The summed E-state index contributed by atoms with van der Waals surface area (Å²) in [6, 6.07) is 1.29. The Morgan fingerprint density at radius 3 is 2.71 bits per heavy atom. The second-order valence-corrected chi connectivity index (χ2v) is 7.95. The van der Waals surface area contributed by atoms with Gasteiger partial charge in [0, 0.05) is 35.9 Å². The number of nitrogens with zero attached hydrogens (tertiary/aromatic N) is 2. The van der Waals surface area contributed by atoms with Gasteiger partial charge < -0.3 is 20.9 Å². The minimum absolute atomic E-state index is 0.00132. The Labute approximate surface area is 175 Å². The summed E-state index contributed by atoms with van der Waals surface area (Å²) in [6.45, 7) is 2.04. The maximum Gasteiger partial charge on any atom is 0.320 e. The van der Waals surface area contributed by atoms with Gasteiger partial charge in [-0.05, 0) is 31.9 Å². The number of alkyl halides is 2. The van der Waals surface area contributed by atoms with Crippen LogP contribution >= 0.6 is 0 Å². The van der Waals surface area contributed by atoms with Crippen LogP contribution in [0.15, 0.2) is 23.1 Å². The largest absolute Gasteiger partial charge is 0.379 e. The molecule has 1 fully saturated rings. The SMILES string of the molecule is Cc1cn(Cc2cc3c(cc2F)[C@@](C#CC2CC2)(C(C)(F)F)NC(=O)N3)c(=O)c(N)n1. The molecule has 0 unspecified atom stereocenters. The van der Waals surface area contributed by atoms with Crippen LogP contribution in [0.1, 0.15) is 36.6 Å². The van der Waals surface area contributed by atoms with Crippen LogP contribution in [0.2, 0.25) is 0 Å². The maximum absolute atomic E-state index is 15.0. The molecule has 1 aromatic heterocycles. The zero-order valence-corrected chi connectivity index (χ0v) is 16.9. The van der Waals surface area contributed by atoms with Crippen molar-refractivity contribution in [1.29, 1.82) is 0 Å². The Balaban J connectivity index is 1.84. The molecular weight excluding hydrogens is 411 g/mol. The lowest BCUT2D eigenvalue weighted by Gasteiger charge is -2.40. The van der Waals surface area contributed by atoms with E-state index in [1.165, 1.54) is 16.8 Å². The number of nitrogen functional groups attached to an aromatic ring is 1. The van der Waals surface area contributed by atoms with Crippen LogP contribution in [0.25, 0.3) is 0 Å². The third-order valence-electron chi connectivity index (χ3n) is 5.30. The van der Waals surface area contributed by atoms with Crippen LogP contribution in [0.4, 0.5) is 29.5 Å². The van der Waals surface area contributed by atoms with Crippen LogP contribution in [-0.4, -0.2) is 21.5 Å². The first-order valence-corrected chi connectivity index (χ1v) is 9.66. The number of carbonyl (C=O) groups is 1. The summed E-state index contributed by atoms with van der Waals surface area (Å²) < 4.78 is 45.8. The van der Waals surface area contributed by atoms with E-state index in [1.807, 2.05) is 0 Å². The van der Waals surface area contributed by atoms with E-state index in [0.29, 0.717) is 12.6 Å². The fourth-order valence-electron chi connectivity index (χ4n) is 3.54. The number of anilines is 2. The Hall–Kier alpha value is -3.48. The van der Waals surface area contributed by atoms with Gasteiger partial charge in [-0.3, -0.25) is 4.79 Å². The smallest absolute Gasteiger partial charge is 0.320 e. The number of nitrogens with one attached hydrogen (secondary N) is 2. The first-order chi connectivity index (χ1) is 14.5. The molecule has 2 amide bonds. The van der Waals surface area contributed by atoms with Gasteiger partial charge in [0.2, 0.25) is 0 Å². The van der Waals surface area contributed by atoms with Crippen LogP contribution < -0.4 is 21.9 Å². The van der Waals surface area contributed by atoms with Gasteiger partial charge >= 0.3 is 6.03 Å². The average molecular weight is 431 g/mol. The standard InChI is InChI=1S/C21H20F3N5O2/c1-11-9-29(18(30)17(25)26-11)10-13-7-16-14(8-15(13)22)21(20(2,23)24,28-19(31)27-16)6-5-12-3-4-12/h7-9,12H,3-4,10H2,1-2H3,(H2,25,26)(H2,27,28,31)/t21-/m0/s1. The number of fused-ring (bicyclic) bond motifs is 1. The summed E-state index contributed by atoms with van der Waals surface area (Å²) in [5, 5.41) is 4.65. The monoisotopic (exact) mass is 431 g/mol. The van der Waals surface area contributed by atoms with Crippen molar-refractivity contribution in [2.24, 2.45) is 5.92 Å². The third-order valence-corrected chi connectivity index (χ3v) is 5.30. The van der Waals surface area contributed by atoms with Gasteiger partial charge in [0.15, 0.2) is 11.4 Å². The van der Waals surface area contributed by atoms with Crippen molar-refractivity contribution in [2.45, 2.75) is 44.7 Å². The molecule has 1 atom stereocenters. The summed E-state index contributed by atoms with van der Waals surface area (Å²) >= 11 is 0. The van der Waals surface area contributed by atoms with Gasteiger partial charge in [0.05, 0.1) is 12.2 Å². The van der Waals surface area contributed by atoms with Crippen molar-refractivity contribution in [3.8, 4) is 11.8 Å². The van der Waals surface area contributed by atoms with Crippen LogP contribution in [0.3, 0.4) is 0 Å². The average Bonchev–Trinajstić information content (AvgIpc) is 3.48. The molecule has 0 spiro atoms. The Morgan fingerprint density at radius 1 is 1.35 bits per heavy atom. The number of hydrogen-bond donors (Lipinski definition) is 3. The molecule has 1 saturated carbocycles. The maximum atomic E-state index is 15.0. The van der Waals surface area contributed by atoms with Gasteiger partial charge in [-0.2, -0.15) is 0 Å². The van der Waals surface area contributed by atoms with E-state index in [0.717, 1.165) is 18.9 Å². The quantitative estimate of drug-likeness (QED) is 0.651. The van der Waals surface area contributed by atoms with E-state index in [1.54, 1.807) is 6.92 Å². The number of nitrogens with two attached hydrogens (primary N) is 1. The zero-order chi connectivity index (χ0) is 22.6. The summed E-state index contributed by atoms with van der Waals surface area (Å²) in [5.41, 5.74) is 2.89. The number of halogens is 3. The van der Waals surface area contributed by atoms with Crippen molar-refractivity contribution in [2.75, 3.05) is 11.1 Å². The molecule has 1 aromatic carbocycles. The van der Waals surface area contributed by atoms with E-state index in [4.69, 9.17) is 5.73 Å². The molecule has 7 nitrogen and oxygen atoms in total. The molecule has 2 aromatic rings. The van der Waals surface area contributed by atoms with Gasteiger partial charge in [-0.25, -0.2) is 22.9 Å². The van der Waals surface area contributed by atoms with Crippen molar-refractivity contribution >= 4 is 17.5 Å². The Morgan fingerprint density at radius 2 is 2.06 bits per heavy atom. The molecule has 4 rings (SSSR count). The summed E-state index contributed by atoms with van der Waals surface area (Å²) in [7, 11) is 0. The van der Waals surface area contributed by atoms with Crippen molar-refractivity contribution < 1.29 is 18.0 Å². The van der Waals surface area contributed by atoms with E-state index in [2.05, 4.69) is 27.5 Å².